The summed E-state index contributed by atoms with van der Waals surface area (Å²) in [6.45, 7) is 8.87. The summed E-state index contributed by atoms with van der Waals surface area (Å²) in [5.74, 6) is 2.01. The molecule has 0 aromatic heterocycles. The van der Waals surface area contributed by atoms with Crippen LogP contribution < -0.4 is 0 Å². The SMILES string of the molecule is CC=C(O[Si](C)(C)C)C1CCCC1. The fourth-order valence-corrected chi connectivity index (χ4v) is 2.93. The molecule has 0 spiro atoms. The summed E-state index contributed by atoms with van der Waals surface area (Å²) < 4.78 is 6.07. The van der Waals surface area contributed by atoms with Gasteiger partial charge in [0.2, 0.25) is 8.32 Å². The standard InChI is InChI=1S/C11H22OSi/c1-5-11(12-13(2,3)4)10-8-6-7-9-10/h5,10H,6-9H2,1-4H3. The second kappa shape index (κ2) is 4.31. The normalized spacial score (nSPS) is 20.8. The van der Waals surface area contributed by atoms with Gasteiger partial charge in [-0.15, -0.1) is 0 Å². The highest BCUT2D eigenvalue weighted by Crippen LogP contribution is 2.32. The van der Waals surface area contributed by atoms with E-state index in [9.17, 15) is 0 Å². The minimum absolute atomic E-state index is 0.733. The molecule has 1 aliphatic rings. The highest BCUT2D eigenvalue weighted by Gasteiger charge is 2.24. The number of hydrogen-bond donors (Lipinski definition) is 0. The van der Waals surface area contributed by atoms with Crippen molar-refractivity contribution in [2.45, 2.75) is 52.2 Å². The molecule has 2 heteroatoms. The largest absolute Gasteiger partial charge is 0.547 e. The van der Waals surface area contributed by atoms with Gasteiger partial charge in [-0.2, -0.15) is 0 Å². The van der Waals surface area contributed by atoms with Crippen LogP contribution >= 0.6 is 0 Å². The third-order valence-corrected chi connectivity index (χ3v) is 3.31. The lowest BCUT2D eigenvalue weighted by Gasteiger charge is -2.25. The van der Waals surface area contributed by atoms with Crippen LogP contribution in [0.5, 0.6) is 0 Å². The van der Waals surface area contributed by atoms with Crippen LogP contribution in [0, 0.1) is 5.92 Å². The molecule has 1 saturated carbocycles. The first-order valence-electron chi connectivity index (χ1n) is 5.38. The molecular weight excluding hydrogens is 176 g/mol. The van der Waals surface area contributed by atoms with E-state index in [0.717, 1.165) is 5.92 Å². The predicted octanol–water partition coefficient (Wildman–Crippen LogP) is 3.93. The van der Waals surface area contributed by atoms with Gasteiger partial charge in [-0.3, -0.25) is 0 Å². The molecule has 0 aromatic carbocycles. The summed E-state index contributed by atoms with van der Waals surface area (Å²) in [6.07, 6.45) is 7.62. The van der Waals surface area contributed by atoms with E-state index in [1.54, 1.807) is 0 Å². The van der Waals surface area contributed by atoms with Crippen molar-refractivity contribution >= 4 is 8.32 Å². The minimum Gasteiger partial charge on any atom is -0.547 e. The maximum Gasteiger partial charge on any atom is 0.241 e. The van der Waals surface area contributed by atoms with Crippen LogP contribution in [0.2, 0.25) is 19.6 Å². The molecule has 0 radical (unpaired) electrons. The van der Waals surface area contributed by atoms with E-state index in [1.165, 1.54) is 31.4 Å². The Morgan fingerprint density at radius 1 is 1.23 bits per heavy atom. The van der Waals surface area contributed by atoms with Crippen LogP contribution in [0.1, 0.15) is 32.6 Å². The van der Waals surface area contributed by atoms with Crippen molar-refractivity contribution in [3.63, 3.8) is 0 Å². The van der Waals surface area contributed by atoms with E-state index in [2.05, 4.69) is 32.6 Å². The van der Waals surface area contributed by atoms with Crippen LogP contribution in [-0.2, 0) is 4.43 Å². The third kappa shape index (κ3) is 3.55. The van der Waals surface area contributed by atoms with Crippen LogP contribution in [0.4, 0.5) is 0 Å². The van der Waals surface area contributed by atoms with Gasteiger partial charge < -0.3 is 4.43 Å². The Balaban J connectivity index is 2.53. The molecular formula is C11H22OSi. The van der Waals surface area contributed by atoms with Crippen molar-refractivity contribution < 1.29 is 4.43 Å². The van der Waals surface area contributed by atoms with Gasteiger partial charge in [0.25, 0.3) is 0 Å². The Labute approximate surface area is 83.3 Å². The predicted molar refractivity (Wildman–Crippen MR) is 60.1 cm³/mol. The number of hydrogen-bond acceptors (Lipinski definition) is 1. The Bertz CT molecular complexity index is 185. The second-order valence-electron chi connectivity index (χ2n) is 4.89. The van der Waals surface area contributed by atoms with Crippen molar-refractivity contribution in [3.8, 4) is 0 Å². The summed E-state index contributed by atoms with van der Waals surface area (Å²) in [6, 6.07) is 0. The van der Waals surface area contributed by atoms with Crippen LogP contribution in [0.15, 0.2) is 11.8 Å². The summed E-state index contributed by atoms with van der Waals surface area (Å²) in [5.41, 5.74) is 0. The Hall–Kier alpha value is -0.243. The van der Waals surface area contributed by atoms with Gasteiger partial charge in [0, 0.05) is 5.92 Å². The molecule has 0 N–H and O–H groups in total. The van der Waals surface area contributed by atoms with Crippen LogP contribution in [0.25, 0.3) is 0 Å². The van der Waals surface area contributed by atoms with Gasteiger partial charge in [-0.25, -0.2) is 0 Å². The van der Waals surface area contributed by atoms with Crippen LogP contribution in [0.3, 0.4) is 0 Å². The molecule has 0 aromatic rings. The molecule has 0 heterocycles. The first-order valence-corrected chi connectivity index (χ1v) is 8.79. The van der Waals surface area contributed by atoms with E-state index in [4.69, 9.17) is 4.43 Å². The lowest BCUT2D eigenvalue weighted by molar-refractivity contribution is 0.343. The van der Waals surface area contributed by atoms with Crippen molar-refractivity contribution in [3.05, 3.63) is 11.8 Å². The second-order valence-corrected chi connectivity index (χ2v) is 9.32. The molecule has 1 fully saturated rings. The zero-order valence-corrected chi connectivity index (χ0v) is 10.4. The van der Waals surface area contributed by atoms with E-state index < -0.39 is 8.32 Å². The zero-order valence-electron chi connectivity index (χ0n) is 9.39. The van der Waals surface area contributed by atoms with Crippen molar-refractivity contribution in [2.24, 2.45) is 5.92 Å². The van der Waals surface area contributed by atoms with E-state index >= 15 is 0 Å². The van der Waals surface area contributed by atoms with E-state index in [-0.39, 0.29) is 0 Å². The quantitative estimate of drug-likeness (QED) is 0.493. The maximum atomic E-state index is 6.07. The molecule has 0 bridgehead atoms. The Kier molecular flexibility index (Phi) is 3.60. The molecule has 0 unspecified atom stereocenters. The fraction of sp³-hybridized carbons (Fsp3) is 0.818. The van der Waals surface area contributed by atoms with Gasteiger partial charge >= 0.3 is 0 Å². The molecule has 13 heavy (non-hydrogen) atoms. The van der Waals surface area contributed by atoms with E-state index in [0.29, 0.717) is 0 Å². The van der Waals surface area contributed by atoms with Crippen molar-refractivity contribution in [2.75, 3.05) is 0 Å². The maximum absolute atomic E-state index is 6.07. The molecule has 76 valence electrons. The minimum atomic E-state index is -1.38. The Morgan fingerprint density at radius 2 is 1.77 bits per heavy atom. The Morgan fingerprint density at radius 3 is 2.15 bits per heavy atom. The molecule has 0 atom stereocenters. The van der Waals surface area contributed by atoms with E-state index in [1.807, 2.05) is 0 Å². The monoisotopic (exact) mass is 198 g/mol. The summed E-state index contributed by atoms with van der Waals surface area (Å²) >= 11 is 0. The molecule has 0 amide bonds. The van der Waals surface area contributed by atoms with Crippen molar-refractivity contribution in [1.29, 1.82) is 0 Å². The smallest absolute Gasteiger partial charge is 0.241 e. The van der Waals surface area contributed by atoms with Gasteiger partial charge in [-0.05, 0) is 39.4 Å². The fourth-order valence-electron chi connectivity index (χ4n) is 1.94. The average molecular weight is 198 g/mol. The lowest BCUT2D eigenvalue weighted by atomic mass is 10.1. The molecule has 1 aliphatic carbocycles. The van der Waals surface area contributed by atoms with Gasteiger partial charge in [0.1, 0.15) is 0 Å². The topological polar surface area (TPSA) is 9.23 Å². The molecule has 0 saturated heterocycles. The zero-order chi connectivity index (χ0) is 9.90. The van der Waals surface area contributed by atoms with Crippen LogP contribution in [-0.4, -0.2) is 8.32 Å². The molecule has 0 aliphatic heterocycles. The number of allylic oxidation sites excluding steroid dienone is 2. The average Bonchev–Trinajstić information content (AvgIpc) is 2.50. The summed E-state index contributed by atoms with van der Waals surface area (Å²) in [7, 11) is -1.38. The number of rotatable bonds is 3. The first-order chi connectivity index (χ1) is 6.03. The third-order valence-electron chi connectivity index (χ3n) is 2.47. The van der Waals surface area contributed by atoms with Gasteiger partial charge in [-0.1, -0.05) is 18.9 Å². The molecule has 1 rings (SSSR count). The lowest BCUT2D eigenvalue weighted by Crippen LogP contribution is -2.26. The first kappa shape index (κ1) is 10.8. The highest BCUT2D eigenvalue weighted by atomic mass is 28.4. The van der Waals surface area contributed by atoms with Gasteiger partial charge in [0.15, 0.2) is 0 Å². The van der Waals surface area contributed by atoms with Crippen molar-refractivity contribution in [1.82, 2.24) is 0 Å². The summed E-state index contributed by atoms with van der Waals surface area (Å²) in [4.78, 5) is 0. The summed E-state index contributed by atoms with van der Waals surface area (Å²) in [5, 5.41) is 0. The molecule has 1 nitrogen and oxygen atoms in total. The highest BCUT2D eigenvalue weighted by molar-refractivity contribution is 6.70. The van der Waals surface area contributed by atoms with Gasteiger partial charge in [0.05, 0.1) is 5.76 Å².